The molecule has 3 rings (SSSR count). The maximum Gasteiger partial charge on any atom is 0.241 e. The van der Waals surface area contributed by atoms with Crippen molar-refractivity contribution in [3.63, 3.8) is 0 Å². The first kappa shape index (κ1) is 17.1. The van der Waals surface area contributed by atoms with Crippen LogP contribution in [0.25, 0.3) is 22.2 Å². The Kier molecular flexibility index (Phi) is 5.09. The van der Waals surface area contributed by atoms with E-state index in [1.165, 1.54) is 5.56 Å². The van der Waals surface area contributed by atoms with E-state index < -0.39 is 0 Å². The van der Waals surface area contributed by atoms with Crippen molar-refractivity contribution in [2.45, 2.75) is 20.4 Å². The fraction of sp³-hybridized carbons (Fsp3) is 0.316. The molecular weight excluding hydrogens is 316 g/mol. The van der Waals surface area contributed by atoms with Crippen LogP contribution in [-0.2, 0) is 16.1 Å². The predicted molar refractivity (Wildman–Crippen MR) is 97.3 cm³/mol. The quantitative estimate of drug-likeness (QED) is 0.701. The number of aromatic nitrogens is 3. The lowest BCUT2D eigenvalue weighted by atomic mass is 10.0. The van der Waals surface area contributed by atoms with Crippen LogP contribution in [0.3, 0.4) is 0 Å². The number of fused-ring (bicyclic) bond motifs is 1. The molecule has 130 valence electrons. The molecule has 3 aromatic rings. The minimum atomic E-state index is -0.107. The number of amides is 1. The van der Waals surface area contributed by atoms with Gasteiger partial charge < -0.3 is 10.1 Å². The highest BCUT2D eigenvalue weighted by Gasteiger charge is 2.15. The van der Waals surface area contributed by atoms with E-state index in [2.05, 4.69) is 46.6 Å². The zero-order valence-corrected chi connectivity index (χ0v) is 14.7. The van der Waals surface area contributed by atoms with Crippen molar-refractivity contribution in [1.29, 1.82) is 0 Å². The molecule has 6 heteroatoms. The zero-order valence-electron chi connectivity index (χ0n) is 14.7. The molecule has 0 unspecified atom stereocenters. The number of aryl methyl sites for hydroxylation is 2. The van der Waals surface area contributed by atoms with Crippen molar-refractivity contribution in [3.8, 4) is 11.1 Å². The van der Waals surface area contributed by atoms with E-state index >= 15 is 0 Å². The Morgan fingerprint density at radius 1 is 1.20 bits per heavy atom. The molecule has 0 aliphatic carbocycles. The monoisotopic (exact) mass is 338 g/mol. The van der Waals surface area contributed by atoms with E-state index in [-0.39, 0.29) is 12.5 Å². The number of nitrogens with zero attached hydrogens (tertiary/aromatic N) is 3. The molecule has 1 aromatic carbocycles. The summed E-state index contributed by atoms with van der Waals surface area (Å²) in [5.41, 5.74) is 4.99. The fourth-order valence-corrected chi connectivity index (χ4v) is 2.85. The third-order valence-electron chi connectivity index (χ3n) is 4.09. The van der Waals surface area contributed by atoms with Gasteiger partial charge in [0, 0.05) is 25.2 Å². The molecule has 0 spiro atoms. The van der Waals surface area contributed by atoms with Gasteiger partial charge in [-0.15, -0.1) is 0 Å². The van der Waals surface area contributed by atoms with Gasteiger partial charge in [-0.3, -0.25) is 4.79 Å². The van der Waals surface area contributed by atoms with E-state index in [0.717, 1.165) is 27.9 Å². The van der Waals surface area contributed by atoms with Gasteiger partial charge in [0.25, 0.3) is 0 Å². The van der Waals surface area contributed by atoms with E-state index in [9.17, 15) is 4.79 Å². The first-order chi connectivity index (χ1) is 12.1. The molecule has 6 nitrogen and oxygen atoms in total. The van der Waals surface area contributed by atoms with Crippen LogP contribution >= 0.6 is 0 Å². The summed E-state index contributed by atoms with van der Waals surface area (Å²) in [6.07, 6.45) is 1.76. The second-order valence-electron chi connectivity index (χ2n) is 6.01. The first-order valence-electron chi connectivity index (χ1n) is 8.25. The van der Waals surface area contributed by atoms with Gasteiger partial charge in [0.1, 0.15) is 6.54 Å². The number of pyridine rings is 1. The number of benzene rings is 1. The SMILES string of the molecule is COCCNC(=O)Cn1nc(C)c2c(-c3ccc(C)cc3)ccnc21. The average Bonchev–Trinajstić information content (AvgIpc) is 2.92. The molecule has 1 N–H and O–H groups in total. The van der Waals surface area contributed by atoms with Crippen LogP contribution in [-0.4, -0.2) is 40.9 Å². The Balaban J connectivity index is 1.94. The minimum Gasteiger partial charge on any atom is -0.383 e. The normalized spacial score (nSPS) is 11.0. The second kappa shape index (κ2) is 7.44. The third kappa shape index (κ3) is 3.69. The summed E-state index contributed by atoms with van der Waals surface area (Å²) in [6.45, 7) is 5.12. The van der Waals surface area contributed by atoms with Gasteiger partial charge in [0.05, 0.1) is 12.3 Å². The first-order valence-corrected chi connectivity index (χ1v) is 8.25. The third-order valence-corrected chi connectivity index (χ3v) is 4.09. The number of methoxy groups -OCH3 is 1. The lowest BCUT2D eigenvalue weighted by molar-refractivity contribution is -0.121. The van der Waals surface area contributed by atoms with Gasteiger partial charge in [0.15, 0.2) is 5.65 Å². The molecule has 0 fully saturated rings. The van der Waals surface area contributed by atoms with Gasteiger partial charge in [-0.2, -0.15) is 5.10 Å². The molecule has 0 aliphatic rings. The maximum atomic E-state index is 12.1. The molecule has 0 radical (unpaired) electrons. The van der Waals surface area contributed by atoms with Crippen LogP contribution in [0.2, 0.25) is 0 Å². The summed E-state index contributed by atoms with van der Waals surface area (Å²) in [4.78, 5) is 16.5. The number of nitrogens with one attached hydrogen (secondary N) is 1. The van der Waals surface area contributed by atoms with Crippen LogP contribution in [0.4, 0.5) is 0 Å². The number of hydrogen-bond acceptors (Lipinski definition) is 4. The standard InChI is InChI=1S/C19H22N4O2/c1-13-4-6-15(7-5-13)16-8-9-21-19-18(16)14(2)22-23(19)12-17(24)20-10-11-25-3/h4-9H,10-12H2,1-3H3,(H,20,24). The Hall–Kier alpha value is -2.73. The zero-order chi connectivity index (χ0) is 17.8. The molecule has 2 heterocycles. The summed E-state index contributed by atoms with van der Waals surface area (Å²) >= 11 is 0. The molecule has 0 atom stereocenters. The summed E-state index contributed by atoms with van der Waals surface area (Å²) in [7, 11) is 1.60. The maximum absolute atomic E-state index is 12.1. The van der Waals surface area contributed by atoms with E-state index in [1.54, 1.807) is 18.0 Å². The number of hydrogen-bond donors (Lipinski definition) is 1. The van der Waals surface area contributed by atoms with Crippen molar-refractivity contribution >= 4 is 16.9 Å². The predicted octanol–water partition coefficient (Wildman–Crippen LogP) is 2.48. The summed E-state index contributed by atoms with van der Waals surface area (Å²) < 4.78 is 6.60. The molecule has 0 bridgehead atoms. The van der Waals surface area contributed by atoms with Gasteiger partial charge in [0.2, 0.25) is 5.91 Å². The molecular formula is C19H22N4O2. The largest absolute Gasteiger partial charge is 0.383 e. The topological polar surface area (TPSA) is 69.0 Å². The number of carbonyl (C=O) groups is 1. The van der Waals surface area contributed by atoms with Crippen molar-refractivity contribution in [2.24, 2.45) is 0 Å². The van der Waals surface area contributed by atoms with Crippen LogP contribution < -0.4 is 5.32 Å². The highest BCUT2D eigenvalue weighted by molar-refractivity contribution is 5.95. The Morgan fingerprint density at radius 3 is 2.68 bits per heavy atom. The van der Waals surface area contributed by atoms with Gasteiger partial charge in [-0.1, -0.05) is 29.8 Å². The molecule has 0 saturated heterocycles. The molecule has 0 saturated carbocycles. The Bertz CT molecular complexity index is 884. The molecule has 2 aromatic heterocycles. The number of carbonyl (C=O) groups excluding carboxylic acids is 1. The number of rotatable bonds is 6. The molecule has 0 aliphatic heterocycles. The lowest BCUT2D eigenvalue weighted by Gasteiger charge is -2.07. The highest BCUT2D eigenvalue weighted by atomic mass is 16.5. The van der Waals surface area contributed by atoms with E-state index in [4.69, 9.17) is 4.74 Å². The summed E-state index contributed by atoms with van der Waals surface area (Å²) in [6, 6.07) is 10.4. The van der Waals surface area contributed by atoms with Crippen molar-refractivity contribution in [1.82, 2.24) is 20.1 Å². The summed E-state index contributed by atoms with van der Waals surface area (Å²) in [5.74, 6) is -0.107. The molecule has 25 heavy (non-hydrogen) atoms. The lowest BCUT2D eigenvalue weighted by Crippen LogP contribution is -2.30. The van der Waals surface area contributed by atoms with Crippen LogP contribution in [0.5, 0.6) is 0 Å². The average molecular weight is 338 g/mol. The fourth-order valence-electron chi connectivity index (χ4n) is 2.85. The minimum absolute atomic E-state index is 0.107. The smallest absolute Gasteiger partial charge is 0.241 e. The van der Waals surface area contributed by atoms with E-state index in [1.807, 2.05) is 13.0 Å². The Labute approximate surface area is 146 Å². The van der Waals surface area contributed by atoms with Gasteiger partial charge in [-0.25, -0.2) is 9.67 Å². The van der Waals surface area contributed by atoms with Crippen LogP contribution in [0.1, 0.15) is 11.3 Å². The van der Waals surface area contributed by atoms with Gasteiger partial charge in [-0.05, 0) is 31.0 Å². The molecule has 1 amide bonds. The van der Waals surface area contributed by atoms with E-state index in [0.29, 0.717) is 13.2 Å². The van der Waals surface area contributed by atoms with Crippen LogP contribution in [0, 0.1) is 13.8 Å². The van der Waals surface area contributed by atoms with Crippen LogP contribution in [0.15, 0.2) is 36.5 Å². The summed E-state index contributed by atoms with van der Waals surface area (Å²) in [5, 5.41) is 8.31. The highest BCUT2D eigenvalue weighted by Crippen LogP contribution is 2.29. The number of ether oxygens (including phenoxy) is 1. The Morgan fingerprint density at radius 2 is 1.96 bits per heavy atom. The van der Waals surface area contributed by atoms with Gasteiger partial charge >= 0.3 is 0 Å². The van der Waals surface area contributed by atoms with Crippen molar-refractivity contribution < 1.29 is 9.53 Å². The van der Waals surface area contributed by atoms with Crippen molar-refractivity contribution in [2.75, 3.05) is 20.3 Å². The second-order valence-corrected chi connectivity index (χ2v) is 6.01. The van der Waals surface area contributed by atoms with Crippen molar-refractivity contribution in [3.05, 3.63) is 47.8 Å².